The van der Waals surface area contributed by atoms with Crippen LogP contribution in [0.3, 0.4) is 0 Å². The monoisotopic (exact) mass is 407 g/mol. The van der Waals surface area contributed by atoms with Gasteiger partial charge < -0.3 is 10.6 Å². The van der Waals surface area contributed by atoms with Crippen molar-refractivity contribution < 1.29 is 18.0 Å². The van der Waals surface area contributed by atoms with E-state index < -0.39 is 11.7 Å². The Labute approximate surface area is 167 Å². The van der Waals surface area contributed by atoms with Gasteiger partial charge in [0.2, 0.25) is 11.9 Å². The zero-order valence-corrected chi connectivity index (χ0v) is 16.4. The Balaban J connectivity index is 1.64. The molecule has 29 heavy (non-hydrogen) atoms. The Hall–Kier alpha value is -2.68. The highest BCUT2D eigenvalue weighted by Gasteiger charge is 2.34. The molecule has 1 aromatic heterocycles. The van der Waals surface area contributed by atoms with E-state index >= 15 is 0 Å². The van der Waals surface area contributed by atoms with E-state index in [1.807, 2.05) is 13.8 Å². The Morgan fingerprint density at radius 3 is 2.48 bits per heavy atom. The Morgan fingerprint density at radius 2 is 1.83 bits per heavy atom. The molecule has 2 aromatic rings. The van der Waals surface area contributed by atoms with Crippen molar-refractivity contribution in [2.75, 3.05) is 18.8 Å². The first kappa shape index (κ1) is 21.0. The van der Waals surface area contributed by atoms with E-state index in [2.05, 4.69) is 14.9 Å². The molecule has 0 bridgehead atoms. The molecule has 1 amide bonds. The fourth-order valence-electron chi connectivity index (χ4n) is 3.60. The number of carbonyl (C=O) groups excluding carboxylic acids is 1. The highest BCUT2D eigenvalue weighted by Crippen LogP contribution is 2.30. The third kappa shape index (κ3) is 5.03. The van der Waals surface area contributed by atoms with Crippen molar-refractivity contribution in [2.45, 2.75) is 45.1 Å². The van der Waals surface area contributed by atoms with Gasteiger partial charge in [-0.05, 0) is 25.5 Å². The summed E-state index contributed by atoms with van der Waals surface area (Å²) >= 11 is 0. The number of aromatic nitrogens is 2. The average Bonchev–Trinajstić information content (AvgIpc) is 2.67. The lowest BCUT2D eigenvalue weighted by Crippen LogP contribution is -2.58. The van der Waals surface area contributed by atoms with Crippen molar-refractivity contribution >= 4 is 11.9 Å². The number of amides is 1. The lowest BCUT2D eigenvalue weighted by molar-refractivity contribution is -0.139. The number of piperazine rings is 1. The van der Waals surface area contributed by atoms with E-state index in [4.69, 9.17) is 5.73 Å². The van der Waals surface area contributed by atoms with Gasteiger partial charge in [-0.2, -0.15) is 13.2 Å². The molecule has 6 nitrogen and oxygen atoms in total. The number of nitrogens with two attached hydrogens (primary N) is 1. The normalized spacial score (nSPS) is 20.7. The molecule has 156 valence electrons. The van der Waals surface area contributed by atoms with Crippen molar-refractivity contribution in [1.82, 2.24) is 19.8 Å². The number of carbonyl (C=O) groups is 1. The molecule has 1 saturated heterocycles. The minimum Gasteiger partial charge on any atom is -0.368 e. The second-order valence-corrected chi connectivity index (χ2v) is 7.36. The van der Waals surface area contributed by atoms with Crippen molar-refractivity contribution in [2.24, 2.45) is 0 Å². The van der Waals surface area contributed by atoms with Crippen LogP contribution in [0.25, 0.3) is 0 Å². The van der Waals surface area contributed by atoms with Crippen molar-refractivity contribution in [3.63, 3.8) is 0 Å². The van der Waals surface area contributed by atoms with Gasteiger partial charge in [0.1, 0.15) is 0 Å². The van der Waals surface area contributed by atoms with Crippen LogP contribution in [-0.4, -0.2) is 50.8 Å². The number of hydrogen-bond acceptors (Lipinski definition) is 5. The molecule has 9 heteroatoms. The number of benzene rings is 1. The third-order valence-electron chi connectivity index (χ3n) is 5.43. The van der Waals surface area contributed by atoms with Crippen LogP contribution in [0.2, 0.25) is 0 Å². The quantitative estimate of drug-likeness (QED) is 0.844. The van der Waals surface area contributed by atoms with Crippen LogP contribution >= 0.6 is 0 Å². The van der Waals surface area contributed by atoms with Gasteiger partial charge in [0.25, 0.3) is 0 Å². The van der Waals surface area contributed by atoms with Gasteiger partial charge in [-0.15, -0.1) is 0 Å². The van der Waals surface area contributed by atoms with Crippen LogP contribution in [0.4, 0.5) is 19.1 Å². The van der Waals surface area contributed by atoms with Crippen molar-refractivity contribution in [1.29, 1.82) is 0 Å². The number of nitrogens with zero attached hydrogens (tertiary/aromatic N) is 4. The molecule has 2 atom stereocenters. The second-order valence-electron chi connectivity index (χ2n) is 7.36. The fourth-order valence-corrected chi connectivity index (χ4v) is 3.60. The standard InChI is InChI=1S/C20H24F3N5O/c1-13-14(2)28(7-6-27(13)12-16-10-25-19(24)26-11-16)18(29)9-15-4-3-5-17(8-15)20(21,22)23/h3-5,8,10-11,13-14H,6-7,9,12H2,1-2H3,(H2,24,25,26)/t13-,14-/m1/s1. The van der Waals surface area contributed by atoms with Crippen LogP contribution in [0.15, 0.2) is 36.7 Å². The summed E-state index contributed by atoms with van der Waals surface area (Å²) in [7, 11) is 0. The third-order valence-corrected chi connectivity index (χ3v) is 5.43. The number of halogens is 3. The summed E-state index contributed by atoms with van der Waals surface area (Å²) in [6.45, 7) is 5.80. The van der Waals surface area contributed by atoms with Crippen LogP contribution in [0, 0.1) is 0 Å². The molecule has 2 heterocycles. The van der Waals surface area contributed by atoms with Gasteiger partial charge in [-0.1, -0.05) is 18.2 Å². The fraction of sp³-hybridized carbons (Fsp3) is 0.450. The molecule has 0 aliphatic carbocycles. The highest BCUT2D eigenvalue weighted by atomic mass is 19.4. The minimum absolute atomic E-state index is 0.0488. The molecule has 2 N–H and O–H groups in total. The first-order valence-corrected chi connectivity index (χ1v) is 9.41. The van der Waals surface area contributed by atoms with Crippen molar-refractivity contribution in [3.05, 3.63) is 53.3 Å². The molecule has 1 aliphatic rings. The maximum absolute atomic E-state index is 12.9. The Morgan fingerprint density at radius 1 is 1.14 bits per heavy atom. The summed E-state index contributed by atoms with van der Waals surface area (Å²) in [6, 6.07) is 4.95. The average molecular weight is 407 g/mol. The van der Waals surface area contributed by atoms with Gasteiger partial charge in [0.15, 0.2) is 0 Å². The summed E-state index contributed by atoms with van der Waals surface area (Å²) in [5, 5.41) is 0. The zero-order valence-electron chi connectivity index (χ0n) is 16.4. The molecule has 0 saturated carbocycles. The molecule has 1 fully saturated rings. The van der Waals surface area contributed by atoms with E-state index in [1.54, 1.807) is 23.4 Å². The summed E-state index contributed by atoms with van der Waals surface area (Å²) in [5.74, 6) is 0.0549. The number of nitrogen functional groups attached to an aromatic ring is 1. The van der Waals surface area contributed by atoms with Crippen LogP contribution in [0.1, 0.15) is 30.5 Å². The zero-order chi connectivity index (χ0) is 21.2. The minimum atomic E-state index is -4.42. The number of hydrogen-bond donors (Lipinski definition) is 1. The maximum atomic E-state index is 12.9. The number of rotatable bonds is 4. The number of anilines is 1. The van der Waals surface area contributed by atoms with Crippen molar-refractivity contribution in [3.8, 4) is 0 Å². The lowest BCUT2D eigenvalue weighted by atomic mass is 10.0. The van der Waals surface area contributed by atoms with Crippen LogP contribution in [-0.2, 0) is 23.9 Å². The Kier molecular flexibility index (Phi) is 6.07. The van der Waals surface area contributed by atoms with Gasteiger partial charge in [0.05, 0.1) is 12.0 Å². The largest absolute Gasteiger partial charge is 0.416 e. The molecule has 1 aromatic carbocycles. The van der Waals surface area contributed by atoms with Gasteiger partial charge >= 0.3 is 6.18 Å². The van der Waals surface area contributed by atoms with Crippen LogP contribution in [0.5, 0.6) is 0 Å². The van der Waals surface area contributed by atoms with E-state index in [-0.39, 0.29) is 30.4 Å². The van der Waals surface area contributed by atoms with E-state index in [0.717, 1.165) is 17.7 Å². The van der Waals surface area contributed by atoms with Gasteiger partial charge in [0, 0.05) is 49.7 Å². The van der Waals surface area contributed by atoms with Gasteiger partial charge in [-0.25, -0.2) is 9.97 Å². The van der Waals surface area contributed by atoms with Crippen LogP contribution < -0.4 is 5.73 Å². The topological polar surface area (TPSA) is 75.4 Å². The molecule has 0 unspecified atom stereocenters. The molecule has 0 radical (unpaired) electrons. The summed E-state index contributed by atoms with van der Waals surface area (Å²) in [5.41, 5.74) is 6.08. The smallest absolute Gasteiger partial charge is 0.368 e. The predicted molar refractivity (Wildman–Crippen MR) is 103 cm³/mol. The maximum Gasteiger partial charge on any atom is 0.416 e. The van der Waals surface area contributed by atoms with E-state index in [9.17, 15) is 18.0 Å². The molecule has 1 aliphatic heterocycles. The molecule has 0 spiro atoms. The van der Waals surface area contributed by atoms with E-state index in [0.29, 0.717) is 25.2 Å². The number of alkyl halides is 3. The summed E-state index contributed by atoms with van der Waals surface area (Å²) in [6.07, 6.45) is -1.10. The lowest BCUT2D eigenvalue weighted by Gasteiger charge is -2.45. The molecular weight excluding hydrogens is 383 g/mol. The Bertz CT molecular complexity index is 856. The first-order valence-electron chi connectivity index (χ1n) is 9.41. The SMILES string of the molecule is C[C@@H]1[C@@H](C)N(C(=O)Cc2cccc(C(F)(F)F)c2)CCN1Cc1cnc(N)nc1. The first-order chi connectivity index (χ1) is 13.6. The summed E-state index contributed by atoms with van der Waals surface area (Å²) < 4.78 is 38.7. The molecular formula is C20H24F3N5O. The molecule has 3 rings (SSSR count). The highest BCUT2D eigenvalue weighted by molar-refractivity contribution is 5.79. The predicted octanol–water partition coefficient (Wildman–Crippen LogP) is 2.74. The summed E-state index contributed by atoms with van der Waals surface area (Å²) in [4.78, 5) is 24.8. The van der Waals surface area contributed by atoms with Gasteiger partial charge in [-0.3, -0.25) is 9.69 Å². The van der Waals surface area contributed by atoms with E-state index in [1.165, 1.54) is 6.07 Å². The second kappa shape index (κ2) is 8.36.